The second kappa shape index (κ2) is 3.26. The second-order valence-electron chi connectivity index (χ2n) is 2.70. The van der Waals surface area contributed by atoms with Crippen molar-refractivity contribution in [2.75, 3.05) is 5.73 Å². The van der Waals surface area contributed by atoms with Crippen LogP contribution in [0.25, 0.3) is 11.3 Å². The number of nitrogen functional groups attached to an aromatic ring is 1. The van der Waals surface area contributed by atoms with Gasteiger partial charge in [-0.25, -0.2) is 9.37 Å². The van der Waals surface area contributed by atoms with Crippen molar-refractivity contribution in [3.05, 3.63) is 29.4 Å². The molecule has 1 heterocycles. The third-order valence-corrected chi connectivity index (χ3v) is 2.23. The minimum absolute atomic E-state index is 0.139. The zero-order valence-corrected chi connectivity index (χ0v) is 7.81. The Morgan fingerprint density at radius 3 is 2.79 bits per heavy atom. The molecule has 1 aromatic heterocycles. The van der Waals surface area contributed by atoms with E-state index in [0.29, 0.717) is 16.4 Å². The summed E-state index contributed by atoms with van der Waals surface area (Å²) in [5.41, 5.74) is 6.33. The van der Waals surface area contributed by atoms with Crippen molar-refractivity contribution >= 4 is 16.5 Å². The molecule has 0 spiro atoms. The molecule has 3 nitrogen and oxygen atoms in total. The Balaban J connectivity index is 2.51. The summed E-state index contributed by atoms with van der Waals surface area (Å²) in [6, 6.07) is 3.71. The summed E-state index contributed by atoms with van der Waals surface area (Å²) >= 11 is 1.15. The van der Waals surface area contributed by atoms with E-state index in [1.165, 1.54) is 12.1 Å². The van der Waals surface area contributed by atoms with E-state index in [2.05, 4.69) is 10.4 Å². The maximum atomic E-state index is 12.9. The number of rotatable bonds is 1. The first-order valence-electron chi connectivity index (χ1n) is 3.79. The zero-order chi connectivity index (χ0) is 10.1. The Labute approximate surface area is 83.6 Å². The minimum atomic E-state index is -0.514. The predicted molar refractivity (Wildman–Crippen MR) is 52.4 cm³/mol. The van der Waals surface area contributed by atoms with E-state index in [-0.39, 0.29) is 5.75 Å². The van der Waals surface area contributed by atoms with Crippen LogP contribution in [-0.4, -0.2) is 10.1 Å². The van der Waals surface area contributed by atoms with E-state index in [9.17, 15) is 4.39 Å². The van der Waals surface area contributed by atoms with Crippen LogP contribution in [-0.2, 0) is 0 Å². The molecule has 1 aromatic carbocycles. The van der Waals surface area contributed by atoms with E-state index < -0.39 is 5.82 Å². The molecule has 2 aromatic rings. The van der Waals surface area contributed by atoms with Crippen molar-refractivity contribution in [3.8, 4) is 17.0 Å². The topological polar surface area (TPSA) is 59.1 Å². The van der Waals surface area contributed by atoms with Crippen molar-refractivity contribution in [3.63, 3.8) is 0 Å². The summed E-state index contributed by atoms with van der Waals surface area (Å²) in [6.07, 6.45) is 0. The fraction of sp³-hybridized carbons (Fsp3) is 0. The summed E-state index contributed by atoms with van der Waals surface area (Å²) in [4.78, 5) is 3.93. The Bertz CT molecular complexity index is 449. The van der Waals surface area contributed by atoms with Gasteiger partial charge in [0, 0.05) is 11.6 Å². The average Bonchev–Trinajstić information content (AvgIpc) is 2.50. The smallest absolute Gasteiger partial charge is 0.181 e. The Morgan fingerprint density at radius 1 is 1.43 bits per heavy atom. The van der Waals surface area contributed by atoms with Gasteiger partial charge in [-0.1, -0.05) is 11.3 Å². The molecule has 0 bridgehead atoms. The first-order chi connectivity index (χ1) is 6.65. The third kappa shape index (κ3) is 1.67. The van der Waals surface area contributed by atoms with E-state index in [0.717, 1.165) is 17.4 Å². The van der Waals surface area contributed by atoms with Crippen LogP contribution < -0.4 is 5.73 Å². The van der Waals surface area contributed by atoms with E-state index in [1.54, 1.807) is 0 Å². The molecule has 14 heavy (non-hydrogen) atoms. The molecule has 0 saturated carbocycles. The van der Waals surface area contributed by atoms with Crippen LogP contribution in [0.2, 0.25) is 0 Å². The zero-order valence-electron chi connectivity index (χ0n) is 6.99. The van der Waals surface area contributed by atoms with E-state index in [4.69, 9.17) is 10.8 Å². The quantitative estimate of drug-likeness (QED) is 0.755. The van der Waals surface area contributed by atoms with Crippen LogP contribution in [0, 0.1) is 11.2 Å². The molecule has 5 heteroatoms. The number of aromatic nitrogens is 1. The van der Waals surface area contributed by atoms with Crippen LogP contribution in [0.5, 0.6) is 5.75 Å². The van der Waals surface area contributed by atoms with Gasteiger partial charge in [-0.2, -0.15) is 0 Å². The molecule has 0 amide bonds. The average molecular weight is 209 g/mol. The highest BCUT2D eigenvalue weighted by atomic mass is 32.1. The number of nitrogens with zero attached hydrogens (tertiary/aromatic N) is 1. The SMILES string of the molecule is Nc1nc(-c2cc(O)cc(F)c2)[c]s1. The minimum Gasteiger partial charge on any atom is -0.508 e. The highest BCUT2D eigenvalue weighted by Crippen LogP contribution is 2.26. The van der Waals surface area contributed by atoms with Crippen LogP contribution in [0.4, 0.5) is 9.52 Å². The maximum absolute atomic E-state index is 12.9. The summed E-state index contributed by atoms with van der Waals surface area (Å²) < 4.78 is 12.9. The number of benzene rings is 1. The summed E-state index contributed by atoms with van der Waals surface area (Å²) in [5, 5.41) is 12.3. The van der Waals surface area contributed by atoms with Gasteiger partial charge in [-0.15, -0.1) is 0 Å². The lowest BCUT2D eigenvalue weighted by Crippen LogP contribution is -1.84. The van der Waals surface area contributed by atoms with Crippen molar-refractivity contribution in [1.82, 2.24) is 4.98 Å². The summed E-state index contributed by atoms with van der Waals surface area (Å²) in [5.74, 6) is -0.653. The lowest BCUT2D eigenvalue weighted by molar-refractivity contribution is 0.469. The first-order valence-corrected chi connectivity index (χ1v) is 4.61. The number of phenols is 1. The van der Waals surface area contributed by atoms with Crippen LogP contribution in [0.3, 0.4) is 0 Å². The number of thiazole rings is 1. The van der Waals surface area contributed by atoms with Crippen molar-refractivity contribution in [2.24, 2.45) is 0 Å². The van der Waals surface area contributed by atoms with Crippen molar-refractivity contribution < 1.29 is 9.50 Å². The molecule has 0 unspecified atom stereocenters. The Kier molecular flexibility index (Phi) is 2.09. The first kappa shape index (κ1) is 8.96. The number of hydrogen-bond donors (Lipinski definition) is 2. The number of nitrogens with two attached hydrogens (primary N) is 1. The van der Waals surface area contributed by atoms with Gasteiger partial charge >= 0.3 is 0 Å². The van der Waals surface area contributed by atoms with E-state index >= 15 is 0 Å². The van der Waals surface area contributed by atoms with Crippen LogP contribution in [0.15, 0.2) is 18.2 Å². The van der Waals surface area contributed by atoms with Crippen LogP contribution in [0.1, 0.15) is 0 Å². The van der Waals surface area contributed by atoms with Crippen molar-refractivity contribution in [2.45, 2.75) is 0 Å². The van der Waals surface area contributed by atoms with Gasteiger partial charge in [-0.05, 0) is 12.1 Å². The molecule has 0 aliphatic carbocycles. The molecular formula is C9H6FN2OS. The fourth-order valence-electron chi connectivity index (χ4n) is 1.09. The molecule has 0 atom stereocenters. The van der Waals surface area contributed by atoms with Gasteiger partial charge in [0.1, 0.15) is 11.6 Å². The molecule has 1 radical (unpaired) electrons. The molecule has 2 rings (SSSR count). The third-order valence-electron chi connectivity index (χ3n) is 1.63. The molecule has 0 fully saturated rings. The van der Waals surface area contributed by atoms with Gasteiger partial charge in [0.15, 0.2) is 5.13 Å². The molecular weight excluding hydrogens is 203 g/mol. The highest BCUT2D eigenvalue weighted by Gasteiger charge is 2.06. The summed E-state index contributed by atoms with van der Waals surface area (Å²) in [6.45, 7) is 0. The van der Waals surface area contributed by atoms with E-state index in [1.807, 2.05) is 0 Å². The number of anilines is 1. The number of halogens is 1. The van der Waals surface area contributed by atoms with Gasteiger partial charge in [0.05, 0.1) is 11.1 Å². The number of hydrogen-bond acceptors (Lipinski definition) is 4. The molecule has 0 saturated heterocycles. The molecule has 3 N–H and O–H groups in total. The number of phenolic OH excluding ortho intramolecular Hbond substituents is 1. The molecule has 71 valence electrons. The van der Waals surface area contributed by atoms with Gasteiger partial charge in [0.2, 0.25) is 0 Å². The highest BCUT2D eigenvalue weighted by molar-refractivity contribution is 7.13. The standard InChI is InChI=1S/C9H6FN2OS/c10-6-1-5(2-7(13)3-6)8-4-14-9(11)12-8/h1-3,13H,(H2,11,12). The van der Waals surface area contributed by atoms with Crippen LogP contribution >= 0.6 is 11.3 Å². The monoisotopic (exact) mass is 209 g/mol. The van der Waals surface area contributed by atoms with Gasteiger partial charge in [-0.3, -0.25) is 0 Å². The fourth-order valence-corrected chi connectivity index (χ4v) is 1.59. The summed E-state index contributed by atoms with van der Waals surface area (Å²) in [7, 11) is 0. The predicted octanol–water partition coefficient (Wildman–Crippen LogP) is 2.04. The molecule has 0 aliphatic rings. The largest absolute Gasteiger partial charge is 0.508 e. The van der Waals surface area contributed by atoms with Crippen molar-refractivity contribution in [1.29, 1.82) is 0 Å². The second-order valence-corrected chi connectivity index (χ2v) is 3.53. The van der Waals surface area contributed by atoms with Gasteiger partial charge < -0.3 is 10.8 Å². The Morgan fingerprint density at radius 2 is 2.21 bits per heavy atom. The maximum Gasteiger partial charge on any atom is 0.181 e. The Hall–Kier alpha value is -1.62. The molecule has 0 aliphatic heterocycles. The lowest BCUT2D eigenvalue weighted by Gasteiger charge is -1.98. The van der Waals surface area contributed by atoms with Gasteiger partial charge in [0.25, 0.3) is 0 Å². The lowest BCUT2D eigenvalue weighted by atomic mass is 10.1. The number of aromatic hydroxyl groups is 1. The normalized spacial score (nSPS) is 10.4.